The lowest BCUT2D eigenvalue weighted by molar-refractivity contribution is -0.135. The van der Waals surface area contributed by atoms with Crippen molar-refractivity contribution in [2.75, 3.05) is 12.4 Å². The molecule has 0 heterocycles. The first-order valence-corrected chi connectivity index (χ1v) is 5.77. The van der Waals surface area contributed by atoms with Crippen LogP contribution >= 0.6 is 27.5 Å². The molecule has 0 amide bonds. The highest BCUT2D eigenvalue weighted by Crippen LogP contribution is 2.14. The zero-order chi connectivity index (χ0) is 11.3. The maximum atomic E-state index is 11.3. The van der Waals surface area contributed by atoms with Gasteiger partial charge in [-0.1, -0.05) is 39.7 Å². The van der Waals surface area contributed by atoms with Crippen molar-refractivity contribution in [3.05, 3.63) is 40.4 Å². The fourth-order valence-corrected chi connectivity index (χ4v) is 1.56. The van der Waals surface area contributed by atoms with Crippen LogP contribution in [0.15, 0.2) is 29.8 Å². The zero-order valence-electron chi connectivity index (χ0n) is 8.17. The van der Waals surface area contributed by atoms with Crippen LogP contribution in [0.2, 0.25) is 5.02 Å². The van der Waals surface area contributed by atoms with Gasteiger partial charge in [0.05, 0.1) is 7.11 Å². The number of carbonyl (C=O) groups is 1. The van der Waals surface area contributed by atoms with E-state index in [4.69, 9.17) is 11.6 Å². The van der Waals surface area contributed by atoms with Crippen LogP contribution in [-0.2, 0) is 9.53 Å². The predicted octanol–water partition coefficient (Wildman–Crippen LogP) is 3.29. The SMILES string of the molecule is COC(=O)C(=Cc1ccc(Cl)cc1)CBr. The molecule has 0 radical (unpaired) electrons. The van der Waals surface area contributed by atoms with Gasteiger partial charge in [0.25, 0.3) is 0 Å². The smallest absolute Gasteiger partial charge is 0.334 e. The Hall–Kier alpha value is -0.800. The minimum absolute atomic E-state index is 0.332. The molecule has 1 aromatic rings. The van der Waals surface area contributed by atoms with Crippen molar-refractivity contribution in [2.24, 2.45) is 0 Å². The third-order valence-electron chi connectivity index (χ3n) is 1.80. The van der Waals surface area contributed by atoms with Crippen molar-refractivity contribution in [3.63, 3.8) is 0 Å². The summed E-state index contributed by atoms with van der Waals surface area (Å²) in [7, 11) is 1.36. The van der Waals surface area contributed by atoms with E-state index in [9.17, 15) is 4.79 Å². The van der Waals surface area contributed by atoms with E-state index in [1.54, 1.807) is 18.2 Å². The zero-order valence-corrected chi connectivity index (χ0v) is 10.5. The highest BCUT2D eigenvalue weighted by Gasteiger charge is 2.07. The lowest BCUT2D eigenvalue weighted by Crippen LogP contribution is -2.05. The Morgan fingerprint density at radius 2 is 2.07 bits per heavy atom. The molecule has 0 bridgehead atoms. The van der Waals surface area contributed by atoms with Gasteiger partial charge in [0.1, 0.15) is 0 Å². The molecule has 1 rings (SSSR count). The normalized spacial score (nSPS) is 11.3. The molecular formula is C11H10BrClO2. The monoisotopic (exact) mass is 288 g/mol. The fourth-order valence-electron chi connectivity index (χ4n) is 1.04. The molecule has 0 aliphatic rings. The van der Waals surface area contributed by atoms with Crippen molar-refractivity contribution in [3.8, 4) is 0 Å². The molecule has 0 atom stereocenters. The molecule has 4 heteroatoms. The summed E-state index contributed by atoms with van der Waals surface area (Å²) in [5.41, 5.74) is 1.49. The van der Waals surface area contributed by atoms with Crippen LogP contribution in [0.25, 0.3) is 6.08 Å². The standard InChI is InChI=1S/C11H10BrClO2/c1-15-11(14)9(7-12)6-8-2-4-10(13)5-3-8/h2-6H,7H2,1H3. The van der Waals surface area contributed by atoms with Crippen LogP contribution < -0.4 is 0 Å². The van der Waals surface area contributed by atoms with E-state index in [1.165, 1.54) is 7.11 Å². The number of esters is 1. The lowest BCUT2D eigenvalue weighted by atomic mass is 10.1. The molecule has 1 aromatic carbocycles. The molecule has 0 saturated heterocycles. The number of ether oxygens (including phenoxy) is 1. The van der Waals surface area contributed by atoms with Gasteiger partial charge in [-0.15, -0.1) is 0 Å². The largest absolute Gasteiger partial charge is 0.466 e. The van der Waals surface area contributed by atoms with Crippen LogP contribution in [0.3, 0.4) is 0 Å². The quantitative estimate of drug-likeness (QED) is 0.485. The van der Waals surface area contributed by atoms with E-state index >= 15 is 0 Å². The van der Waals surface area contributed by atoms with E-state index in [2.05, 4.69) is 20.7 Å². The number of hydrogen-bond acceptors (Lipinski definition) is 2. The number of rotatable bonds is 3. The molecule has 0 aromatic heterocycles. The highest BCUT2D eigenvalue weighted by atomic mass is 79.9. The molecular weight excluding hydrogens is 279 g/mol. The van der Waals surface area contributed by atoms with Gasteiger partial charge in [-0.2, -0.15) is 0 Å². The van der Waals surface area contributed by atoms with E-state index in [-0.39, 0.29) is 5.97 Å². The van der Waals surface area contributed by atoms with Crippen molar-refractivity contribution >= 4 is 39.6 Å². The molecule has 0 saturated carbocycles. The molecule has 0 N–H and O–H groups in total. The Balaban J connectivity index is 2.93. The summed E-state index contributed by atoms with van der Waals surface area (Å²) in [6.07, 6.45) is 1.76. The van der Waals surface area contributed by atoms with Crippen LogP contribution in [0, 0.1) is 0 Å². The first-order chi connectivity index (χ1) is 7.17. The second kappa shape index (κ2) is 5.93. The van der Waals surface area contributed by atoms with Gasteiger partial charge in [0.15, 0.2) is 0 Å². The summed E-state index contributed by atoms with van der Waals surface area (Å²) in [6, 6.07) is 7.23. The summed E-state index contributed by atoms with van der Waals surface area (Å²) in [5, 5.41) is 1.13. The summed E-state index contributed by atoms with van der Waals surface area (Å²) in [6.45, 7) is 0. The average molecular weight is 290 g/mol. The number of carbonyl (C=O) groups excluding carboxylic acids is 1. The maximum Gasteiger partial charge on any atom is 0.334 e. The van der Waals surface area contributed by atoms with Crippen LogP contribution in [0.4, 0.5) is 0 Å². The molecule has 80 valence electrons. The topological polar surface area (TPSA) is 26.3 Å². The Morgan fingerprint density at radius 1 is 1.47 bits per heavy atom. The summed E-state index contributed by atoms with van der Waals surface area (Å²) < 4.78 is 4.64. The first-order valence-electron chi connectivity index (χ1n) is 4.28. The fraction of sp³-hybridized carbons (Fsp3) is 0.182. The highest BCUT2D eigenvalue weighted by molar-refractivity contribution is 9.09. The summed E-state index contributed by atoms with van der Waals surface area (Å²) >= 11 is 8.98. The van der Waals surface area contributed by atoms with Crippen molar-refractivity contribution < 1.29 is 9.53 Å². The van der Waals surface area contributed by atoms with Gasteiger partial charge in [0.2, 0.25) is 0 Å². The minimum atomic E-state index is -0.332. The van der Waals surface area contributed by atoms with Gasteiger partial charge in [-0.25, -0.2) is 4.79 Å². The van der Waals surface area contributed by atoms with Crippen molar-refractivity contribution in [2.45, 2.75) is 0 Å². The molecule has 0 spiro atoms. The van der Waals surface area contributed by atoms with Crippen molar-refractivity contribution in [1.82, 2.24) is 0 Å². The van der Waals surface area contributed by atoms with Gasteiger partial charge in [0, 0.05) is 15.9 Å². The Kier molecular flexibility index (Phi) is 4.85. The maximum absolute atomic E-state index is 11.3. The molecule has 2 nitrogen and oxygen atoms in total. The van der Waals surface area contributed by atoms with Gasteiger partial charge in [-0.3, -0.25) is 0 Å². The Morgan fingerprint density at radius 3 is 2.53 bits per heavy atom. The second-order valence-corrected chi connectivity index (χ2v) is 3.84. The van der Waals surface area contributed by atoms with Crippen LogP contribution in [0.1, 0.15) is 5.56 Å². The summed E-state index contributed by atoms with van der Waals surface area (Å²) in [5.74, 6) is -0.332. The first kappa shape index (κ1) is 12.3. The number of benzene rings is 1. The molecule has 15 heavy (non-hydrogen) atoms. The van der Waals surface area contributed by atoms with Gasteiger partial charge < -0.3 is 4.74 Å². The third kappa shape index (κ3) is 3.68. The molecule has 0 aliphatic heterocycles. The van der Waals surface area contributed by atoms with Gasteiger partial charge >= 0.3 is 5.97 Å². The number of alkyl halides is 1. The Labute approximate surface area is 102 Å². The van der Waals surface area contributed by atoms with Crippen molar-refractivity contribution in [1.29, 1.82) is 0 Å². The van der Waals surface area contributed by atoms with E-state index in [0.717, 1.165) is 5.56 Å². The Bertz CT molecular complexity index is 371. The second-order valence-electron chi connectivity index (χ2n) is 2.85. The number of methoxy groups -OCH3 is 1. The average Bonchev–Trinajstić information content (AvgIpc) is 2.27. The predicted molar refractivity (Wildman–Crippen MR) is 65.2 cm³/mol. The minimum Gasteiger partial charge on any atom is -0.466 e. The molecule has 0 aliphatic carbocycles. The molecule has 0 unspecified atom stereocenters. The van der Waals surface area contributed by atoms with E-state index in [1.807, 2.05) is 12.1 Å². The van der Waals surface area contributed by atoms with Crippen LogP contribution in [-0.4, -0.2) is 18.4 Å². The molecule has 0 fully saturated rings. The summed E-state index contributed by atoms with van der Waals surface area (Å²) in [4.78, 5) is 11.3. The van der Waals surface area contributed by atoms with E-state index in [0.29, 0.717) is 15.9 Å². The third-order valence-corrected chi connectivity index (χ3v) is 2.66. The van der Waals surface area contributed by atoms with E-state index < -0.39 is 0 Å². The van der Waals surface area contributed by atoms with Crippen LogP contribution in [0.5, 0.6) is 0 Å². The number of hydrogen-bond donors (Lipinski definition) is 0. The lowest BCUT2D eigenvalue weighted by Gasteiger charge is -2.01. The number of halogens is 2. The van der Waals surface area contributed by atoms with Gasteiger partial charge in [-0.05, 0) is 23.8 Å².